The first kappa shape index (κ1) is 18.0. The number of hydrogen-bond acceptors (Lipinski definition) is 6. The van der Waals surface area contributed by atoms with Gasteiger partial charge in [-0.1, -0.05) is 42.5 Å². The van der Waals surface area contributed by atoms with E-state index < -0.39 is 0 Å². The average molecular weight is 390 g/mol. The fourth-order valence-corrected chi connectivity index (χ4v) is 3.69. The summed E-state index contributed by atoms with van der Waals surface area (Å²) in [5.41, 5.74) is 4.45. The SMILES string of the molecule is O=C(Nc1cccc(-c2nnn[nH]2)c1)C(Cc1ccccc1)Cc1cncs1. The fraction of sp³-hybridized carbons (Fsp3) is 0.150. The molecule has 2 N–H and O–H groups in total. The van der Waals surface area contributed by atoms with Crippen LogP contribution in [0.15, 0.2) is 66.3 Å². The molecule has 0 spiro atoms. The van der Waals surface area contributed by atoms with Gasteiger partial charge in [0.05, 0.1) is 5.51 Å². The summed E-state index contributed by atoms with van der Waals surface area (Å²) in [6.45, 7) is 0. The topological polar surface area (TPSA) is 96.5 Å². The van der Waals surface area contributed by atoms with Crippen molar-refractivity contribution in [3.8, 4) is 11.4 Å². The van der Waals surface area contributed by atoms with Crippen LogP contribution in [0.3, 0.4) is 0 Å². The molecule has 2 aromatic heterocycles. The van der Waals surface area contributed by atoms with Gasteiger partial charge in [0.1, 0.15) is 0 Å². The molecule has 0 aliphatic rings. The lowest BCUT2D eigenvalue weighted by Gasteiger charge is -2.16. The van der Waals surface area contributed by atoms with Gasteiger partial charge in [0.2, 0.25) is 5.91 Å². The Balaban J connectivity index is 1.52. The van der Waals surface area contributed by atoms with Gasteiger partial charge < -0.3 is 5.32 Å². The number of tetrazole rings is 1. The maximum Gasteiger partial charge on any atom is 0.228 e. The van der Waals surface area contributed by atoms with E-state index in [-0.39, 0.29) is 11.8 Å². The molecule has 4 rings (SSSR count). The molecule has 0 aliphatic heterocycles. The molecular formula is C20H18N6OS. The molecule has 1 unspecified atom stereocenters. The normalized spacial score (nSPS) is 11.9. The number of amides is 1. The quantitative estimate of drug-likeness (QED) is 0.504. The van der Waals surface area contributed by atoms with Crippen LogP contribution in [-0.2, 0) is 17.6 Å². The summed E-state index contributed by atoms with van der Waals surface area (Å²) in [5.74, 6) is 0.338. The monoisotopic (exact) mass is 390 g/mol. The molecule has 0 fully saturated rings. The number of carbonyl (C=O) groups excluding carboxylic acids is 1. The molecule has 7 nitrogen and oxygen atoms in total. The molecular weight excluding hydrogens is 372 g/mol. The molecule has 0 radical (unpaired) electrons. The zero-order valence-electron chi connectivity index (χ0n) is 14.9. The molecule has 1 atom stereocenters. The third-order valence-corrected chi connectivity index (χ3v) is 5.18. The van der Waals surface area contributed by atoms with Crippen LogP contribution in [-0.4, -0.2) is 31.5 Å². The van der Waals surface area contributed by atoms with Gasteiger partial charge >= 0.3 is 0 Å². The highest BCUT2D eigenvalue weighted by atomic mass is 32.1. The summed E-state index contributed by atoms with van der Waals surface area (Å²) in [6, 6.07) is 17.5. The molecule has 0 bridgehead atoms. The van der Waals surface area contributed by atoms with E-state index >= 15 is 0 Å². The first-order chi connectivity index (χ1) is 13.8. The predicted molar refractivity (Wildman–Crippen MR) is 108 cm³/mol. The van der Waals surface area contributed by atoms with E-state index in [0.717, 1.165) is 16.0 Å². The zero-order valence-corrected chi connectivity index (χ0v) is 15.8. The number of aromatic nitrogens is 5. The van der Waals surface area contributed by atoms with Crippen molar-refractivity contribution >= 4 is 22.9 Å². The third kappa shape index (κ3) is 4.47. The number of nitrogens with zero attached hydrogens (tertiary/aromatic N) is 4. The van der Waals surface area contributed by atoms with E-state index in [4.69, 9.17) is 0 Å². The Bertz CT molecular complexity index is 1020. The van der Waals surface area contributed by atoms with Crippen LogP contribution in [0.25, 0.3) is 11.4 Å². The summed E-state index contributed by atoms with van der Waals surface area (Å²) in [7, 11) is 0. The molecule has 2 aromatic carbocycles. The van der Waals surface area contributed by atoms with Crippen LogP contribution in [0, 0.1) is 5.92 Å². The second-order valence-corrected chi connectivity index (χ2v) is 7.35. The summed E-state index contributed by atoms with van der Waals surface area (Å²) >= 11 is 1.57. The second-order valence-electron chi connectivity index (χ2n) is 6.38. The van der Waals surface area contributed by atoms with Crippen LogP contribution in [0.2, 0.25) is 0 Å². The Kier molecular flexibility index (Phi) is 5.48. The van der Waals surface area contributed by atoms with Crippen molar-refractivity contribution < 1.29 is 4.79 Å². The molecule has 0 aliphatic carbocycles. The molecule has 0 saturated heterocycles. The van der Waals surface area contributed by atoms with Gasteiger partial charge in [-0.3, -0.25) is 9.78 Å². The minimum atomic E-state index is -0.196. The van der Waals surface area contributed by atoms with Gasteiger partial charge in [-0.15, -0.1) is 16.4 Å². The molecule has 8 heteroatoms. The Labute approximate surface area is 165 Å². The van der Waals surface area contributed by atoms with E-state index in [9.17, 15) is 4.79 Å². The Hall–Kier alpha value is -3.39. The van der Waals surface area contributed by atoms with Crippen LogP contribution in [0.4, 0.5) is 5.69 Å². The van der Waals surface area contributed by atoms with Gasteiger partial charge in [0.15, 0.2) is 5.82 Å². The lowest BCUT2D eigenvalue weighted by Crippen LogP contribution is -2.26. The fourth-order valence-electron chi connectivity index (χ4n) is 3.01. The zero-order chi connectivity index (χ0) is 19.2. The minimum Gasteiger partial charge on any atom is -0.326 e. The summed E-state index contributed by atoms with van der Waals surface area (Å²) in [4.78, 5) is 18.3. The lowest BCUT2D eigenvalue weighted by atomic mass is 9.94. The first-order valence-corrected chi connectivity index (χ1v) is 9.72. The molecule has 1 amide bonds. The minimum absolute atomic E-state index is 0.0231. The van der Waals surface area contributed by atoms with Crippen LogP contribution in [0.1, 0.15) is 10.4 Å². The number of H-pyrrole nitrogens is 1. The van der Waals surface area contributed by atoms with E-state index in [1.807, 2.05) is 60.8 Å². The molecule has 4 aromatic rings. The smallest absolute Gasteiger partial charge is 0.228 e. The van der Waals surface area contributed by atoms with Crippen molar-refractivity contribution in [2.24, 2.45) is 5.92 Å². The van der Waals surface area contributed by atoms with E-state index in [1.165, 1.54) is 0 Å². The molecule has 28 heavy (non-hydrogen) atoms. The Morgan fingerprint density at radius 2 is 2.00 bits per heavy atom. The van der Waals surface area contributed by atoms with Crippen molar-refractivity contribution in [3.63, 3.8) is 0 Å². The highest BCUT2D eigenvalue weighted by Gasteiger charge is 2.21. The number of hydrogen-bond donors (Lipinski definition) is 2. The van der Waals surface area contributed by atoms with Gasteiger partial charge in [-0.05, 0) is 41.0 Å². The van der Waals surface area contributed by atoms with E-state index in [2.05, 4.69) is 30.9 Å². The number of nitrogens with one attached hydrogen (secondary N) is 2. The van der Waals surface area contributed by atoms with Crippen molar-refractivity contribution in [1.29, 1.82) is 0 Å². The maximum atomic E-state index is 13.1. The lowest BCUT2D eigenvalue weighted by molar-refractivity contribution is -0.119. The number of rotatable bonds is 7. The van der Waals surface area contributed by atoms with Crippen LogP contribution < -0.4 is 5.32 Å². The van der Waals surface area contributed by atoms with Gasteiger partial charge in [0.25, 0.3) is 0 Å². The van der Waals surface area contributed by atoms with Crippen molar-refractivity contribution in [1.82, 2.24) is 25.6 Å². The Morgan fingerprint density at radius 1 is 1.11 bits per heavy atom. The van der Waals surface area contributed by atoms with Crippen LogP contribution in [0.5, 0.6) is 0 Å². The number of benzene rings is 2. The van der Waals surface area contributed by atoms with Gasteiger partial charge in [-0.2, -0.15) is 0 Å². The van der Waals surface area contributed by atoms with E-state index in [0.29, 0.717) is 24.4 Å². The number of anilines is 1. The first-order valence-electron chi connectivity index (χ1n) is 8.84. The standard InChI is InChI=1S/C20H18N6OS/c27-20(22-17-8-4-7-15(10-17)19-23-25-26-24-19)16(11-18-12-21-13-28-18)9-14-5-2-1-3-6-14/h1-8,10,12-13,16H,9,11H2,(H,22,27)(H,23,24,25,26). The van der Waals surface area contributed by atoms with Crippen molar-refractivity contribution in [2.75, 3.05) is 5.32 Å². The summed E-state index contributed by atoms with van der Waals surface area (Å²) in [6.07, 6.45) is 3.14. The molecule has 0 saturated carbocycles. The molecule has 2 heterocycles. The number of aromatic amines is 1. The number of thiazole rings is 1. The second kappa shape index (κ2) is 8.53. The van der Waals surface area contributed by atoms with Crippen molar-refractivity contribution in [3.05, 3.63) is 76.7 Å². The summed E-state index contributed by atoms with van der Waals surface area (Å²) in [5, 5.41) is 16.9. The third-order valence-electron chi connectivity index (χ3n) is 4.38. The van der Waals surface area contributed by atoms with Crippen molar-refractivity contribution in [2.45, 2.75) is 12.8 Å². The van der Waals surface area contributed by atoms with Gasteiger partial charge in [-0.25, -0.2) is 5.10 Å². The van der Waals surface area contributed by atoms with E-state index in [1.54, 1.807) is 16.8 Å². The summed E-state index contributed by atoms with van der Waals surface area (Å²) < 4.78 is 0. The largest absolute Gasteiger partial charge is 0.326 e. The Morgan fingerprint density at radius 3 is 2.75 bits per heavy atom. The average Bonchev–Trinajstić information content (AvgIpc) is 3.43. The van der Waals surface area contributed by atoms with Gasteiger partial charge in [0, 0.05) is 28.2 Å². The maximum absolute atomic E-state index is 13.1. The predicted octanol–water partition coefficient (Wildman–Crippen LogP) is 3.36. The van der Waals surface area contributed by atoms with Crippen LogP contribution >= 0.6 is 11.3 Å². The number of carbonyl (C=O) groups is 1. The molecule has 140 valence electrons. The highest BCUT2D eigenvalue weighted by molar-refractivity contribution is 7.09. The highest BCUT2D eigenvalue weighted by Crippen LogP contribution is 2.22.